The lowest BCUT2D eigenvalue weighted by Crippen LogP contribution is -2.32. The number of aliphatic carboxylic acids is 1. The van der Waals surface area contributed by atoms with Crippen molar-refractivity contribution in [3.05, 3.63) is 59.4 Å². The van der Waals surface area contributed by atoms with E-state index in [9.17, 15) is 18.7 Å². The van der Waals surface area contributed by atoms with Gasteiger partial charge in [0.05, 0.1) is 22.6 Å². The predicted octanol–water partition coefficient (Wildman–Crippen LogP) is 6.43. The Bertz CT molecular complexity index is 1460. The average molecular weight is 494 g/mol. The molecule has 0 amide bonds. The van der Waals surface area contributed by atoms with E-state index in [0.29, 0.717) is 31.7 Å². The van der Waals surface area contributed by atoms with E-state index in [2.05, 4.69) is 26.9 Å². The van der Waals surface area contributed by atoms with E-state index in [1.165, 1.54) is 17.7 Å². The molecule has 36 heavy (non-hydrogen) atoms. The number of benzene rings is 2. The first-order chi connectivity index (χ1) is 17.4. The lowest BCUT2D eigenvalue weighted by atomic mass is 9.69. The van der Waals surface area contributed by atoms with Crippen LogP contribution in [0.3, 0.4) is 0 Å². The summed E-state index contributed by atoms with van der Waals surface area (Å²) in [6, 6.07) is 8.25. The summed E-state index contributed by atoms with van der Waals surface area (Å²) >= 11 is 0. The minimum atomic E-state index is -0.881. The molecule has 2 aromatic heterocycles. The molecule has 4 aromatic rings. The number of carbonyl (C=O) groups is 1. The summed E-state index contributed by atoms with van der Waals surface area (Å²) in [5, 5.41) is 19.1. The molecular formula is C28H29F2N3O3. The van der Waals surface area contributed by atoms with Crippen LogP contribution in [0.25, 0.3) is 27.5 Å². The highest BCUT2D eigenvalue weighted by Crippen LogP contribution is 2.49. The first-order valence-corrected chi connectivity index (χ1v) is 12.6. The zero-order valence-corrected chi connectivity index (χ0v) is 20.2. The first-order valence-electron chi connectivity index (χ1n) is 12.6. The van der Waals surface area contributed by atoms with E-state index in [1.54, 1.807) is 12.3 Å². The number of H-pyrrole nitrogens is 1. The Kier molecular flexibility index (Phi) is 5.59. The number of halogens is 2. The van der Waals surface area contributed by atoms with Gasteiger partial charge in [0, 0.05) is 47.4 Å². The normalized spacial score (nSPS) is 23.5. The highest BCUT2D eigenvalue weighted by molar-refractivity contribution is 5.99. The van der Waals surface area contributed by atoms with Crippen LogP contribution in [0.15, 0.2) is 36.5 Å². The number of carboxylic acids is 1. The Balaban J connectivity index is 1.61. The molecule has 1 aliphatic carbocycles. The van der Waals surface area contributed by atoms with Gasteiger partial charge in [-0.15, -0.1) is 0 Å². The fourth-order valence-electron chi connectivity index (χ4n) is 6.23. The minimum absolute atomic E-state index is 0.171. The molecule has 6 nitrogen and oxygen atoms in total. The first kappa shape index (κ1) is 23.2. The van der Waals surface area contributed by atoms with Crippen molar-refractivity contribution in [3.63, 3.8) is 0 Å². The van der Waals surface area contributed by atoms with E-state index in [0.717, 1.165) is 53.2 Å². The fourth-order valence-corrected chi connectivity index (χ4v) is 6.23. The molecule has 2 fully saturated rings. The van der Waals surface area contributed by atoms with E-state index < -0.39 is 23.0 Å². The van der Waals surface area contributed by atoms with Crippen molar-refractivity contribution in [2.45, 2.75) is 57.3 Å². The van der Waals surface area contributed by atoms with Gasteiger partial charge in [-0.05, 0) is 81.2 Å². The number of nitrogens with zero attached hydrogens (tertiary/aromatic N) is 2. The number of carboxylic acid groups (broad SMARTS) is 1. The van der Waals surface area contributed by atoms with Crippen molar-refractivity contribution in [1.82, 2.24) is 14.8 Å². The smallest absolute Gasteiger partial charge is 0.309 e. The second-order valence-electron chi connectivity index (χ2n) is 10.6. The van der Waals surface area contributed by atoms with Gasteiger partial charge in [0.1, 0.15) is 0 Å². The van der Waals surface area contributed by atoms with Crippen LogP contribution in [-0.4, -0.2) is 39.1 Å². The lowest BCUT2D eigenvalue weighted by Gasteiger charge is -2.35. The molecule has 1 saturated heterocycles. The highest BCUT2D eigenvalue weighted by atomic mass is 19.2. The predicted molar refractivity (Wildman–Crippen MR) is 133 cm³/mol. The van der Waals surface area contributed by atoms with Crippen molar-refractivity contribution in [2.75, 3.05) is 13.2 Å². The maximum absolute atomic E-state index is 14.5. The molecule has 0 bridgehead atoms. The Labute approximate surface area is 207 Å². The third-order valence-electron chi connectivity index (χ3n) is 8.39. The number of hydrogen-bond acceptors (Lipinski definition) is 3. The molecule has 0 radical (unpaired) electrons. The molecule has 0 spiro atoms. The number of aromatic nitrogens is 3. The van der Waals surface area contributed by atoms with Crippen LogP contribution in [0.1, 0.15) is 68.5 Å². The van der Waals surface area contributed by atoms with Crippen LogP contribution in [0.4, 0.5) is 8.78 Å². The van der Waals surface area contributed by atoms with Crippen LogP contribution in [0.5, 0.6) is 0 Å². The third kappa shape index (κ3) is 3.70. The van der Waals surface area contributed by atoms with E-state index >= 15 is 0 Å². The molecule has 3 heterocycles. The van der Waals surface area contributed by atoms with Crippen molar-refractivity contribution in [3.8, 4) is 5.69 Å². The average Bonchev–Trinajstić information content (AvgIpc) is 3.47. The SMILES string of the molecule is CC1(C(=O)O)CCC(c2c(C3CCOCC3)n(-c3ccc(F)c(F)c3)c3cc4cn[nH]c4cc23)CC1. The topological polar surface area (TPSA) is 80.1 Å². The van der Waals surface area contributed by atoms with E-state index in [1.807, 2.05) is 6.92 Å². The number of nitrogens with one attached hydrogen (secondary N) is 1. The summed E-state index contributed by atoms with van der Waals surface area (Å²) in [7, 11) is 0. The van der Waals surface area contributed by atoms with Crippen LogP contribution in [0.2, 0.25) is 0 Å². The summed E-state index contributed by atoms with van der Waals surface area (Å²) in [4.78, 5) is 11.9. The summed E-state index contributed by atoms with van der Waals surface area (Å²) in [5.41, 5.74) is 4.02. The van der Waals surface area contributed by atoms with Gasteiger partial charge in [0.15, 0.2) is 11.6 Å². The van der Waals surface area contributed by atoms with Crippen molar-refractivity contribution in [1.29, 1.82) is 0 Å². The molecular weight excluding hydrogens is 464 g/mol. The summed E-state index contributed by atoms with van der Waals surface area (Å²) < 4.78 is 36.2. The highest BCUT2D eigenvalue weighted by Gasteiger charge is 2.40. The Morgan fingerprint density at radius 2 is 1.83 bits per heavy atom. The molecule has 2 N–H and O–H groups in total. The number of ether oxygens (including phenoxy) is 1. The molecule has 6 rings (SSSR count). The number of aromatic amines is 1. The molecule has 2 aromatic carbocycles. The van der Waals surface area contributed by atoms with Gasteiger partial charge in [0.2, 0.25) is 0 Å². The standard InChI is InChI=1S/C28H29F2N3O3/c1-28(27(34)35)8-4-16(5-9-28)25-20-14-23-18(15-31-32-23)12-24(20)33(19-2-3-21(29)22(30)13-19)26(25)17-6-10-36-11-7-17/h2-3,12-17H,4-11H2,1H3,(H,31,32)(H,34,35). The van der Waals surface area contributed by atoms with E-state index in [4.69, 9.17) is 4.74 Å². The zero-order valence-electron chi connectivity index (χ0n) is 20.2. The Morgan fingerprint density at radius 1 is 1.08 bits per heavy atom. The van der Waals surface area contributed by atoms with Gasteiger partial charge < -0.3 is 14.4 Å². The van der Waals surface area contributed by atoms with Gasteiger partial charge in [-0.2, -0.15) is 5.10 Å². The Hall–Kier alpha value is -3.26. The molecule has 1 saturated carbocycles. The largest absolute Gasteiger partial charge is 0.481 e. The van der Waals surface area contributed by atoms with Gasteiger partial charge in [-0.25, -0.2) is 8.78 Å². The van der Waals surface area contributed by atoms with E-state index in [-0.39, 0.29) is 11.8 Å². The maximum Gasteiger partial charge on any atom is 0.309 e. The zero-order chi connectivity index (χ0) is 25.0. The minimum Gasteiger partial charge on any atom is -0.481 e. The second kappa shape index (κ2) is 8.69. The van der Waals surface area contributed by atoms with Gasteiger partial charge >= 0.3 is 5.97 Å². The molecule has 188 valence electrons. The quantitative estimate of drug-likeness (QED) is 0.343. The maximum atomic E-state index is 14.5. The van der Waals surface area contributed by atoms with Gasteiger partial charge in [-0.1, -0.05) is 0 Å². The van der Waals surface area contributed by atoms with Crippen LogP contribution in [-0.2, 0) is 9.53 Å². The summed E-state index contributed by atoms with van der Waals surface area (Å²) in [6.45, 7) is 3.13. The van der Waals surface area contributed by atoms with Crippen molar-refractivity contribution in [2.24, 2.45) is 5.41 Å². The lowest BCUT2D eigenvalue weighted by molar-refractivity contribution is -0.149. The second-order valence-corrected chi connectivity index (χ2v) is 10.6. The molecule has 8 heteroatoms. The molecule has 1 aliphatic heterocycles. The van der Waals surface area contributed by atoms with Gasteiger partial charge in [-0.3, -0.25) is 9.89 Å². The van der Waals surface area contributed by atoms with Crippen LogP contribution < -0.4 is 0 Å². The van der Waals surface area contributed by atoms with Crippen molar-refractivity contribution >= 4 is 27.8 Å². The molecule has 2 aliphatic rings. The molecule has 0 atom stereocenters. The fraction of sp³-hybridized carbons (Fsp3) is 0.429. The summed E-state index contributed by atoms with van der Waals surface area (Å²) in [5.74, 6) is -2.13. The monoisotopic (exact) mass is 493 g/mol. The van der Waals surface area contributed by atoms with Crippen LogP contribution in [0, 0.1) is 17.0 Å². The number of fused-ring (bicyclic) bond motifs is 2. The Morgan fingerprint density at radius 3 is 2.53 bits per heavy atom. The number of rotatable bonds is 4. The summed E-state index contributed by atoms with van der Waals surface area (Å²) in [6.07, 6.45) is 6.17. The van der Waals surface area contributed by atoms with Crippen molar-refractivity contribution < 1.29 is 23.4 Å². The number of hydrogen-bond donors (Lipinski definition) is 2. The third-order valence-corrected chi connectivity index (χ3v) is 8.39. The molecule has 0 unspecified atom stereocenters. The van der Waals surface area contributed by atoms with Crippen LogP contribution >= 0.6 is 0 Å². The van der Waals surface area contributed by atoms with Gasteiger partial charge in [0.25, 0.3) is 0 Å².